The van der Waals surface area contributed by atoms with E-state index in [0.717, 1.165) is 38.3 Å². The number of piperazine rings is 1. The van der Waals surface area contributed by atoms with Gasteiger partial charge in [0.1, 0.15) is 5.82 Å². The number of sulfonamides is 1. The van der Waals surface area contributed by atoms with Crippen LogP contribution < -0.4 is 10.3 Å². The molecule has 0 aromatic heterocycles. The van der Waals surface area contributed by atoms with Crippen LogP contribution in [0.1, 0.15) is 12.8 Å². The molecule has 2 fully saturated rings. The van der Waals surface area contributed by atoms with Crippen molar-refractivity contribution in [2.75, 3.05) is 46.3 Å². The van der Waals surface area contributed by atoms with Gasteiger partial charge >= 0.3 is 0 Å². The van der Waals surface area contributed by atoms with Gasteiger partial charge in [-0.3, -0.25) is 10.2 Å². The fourth-order valence-corrected chi connectivity index (χ4v) is 4.90. The Bertz CT molecular complexity index is 733. The number of hydrogen-bond acceptors (Lipinski definition) is 4. The molecule has 9 heteroatoms. The van der Waals surface area contributed by atoms with E-state index in [1.807, 2.05) is 5.01 Å². The number of benzene rings is 1. The molecule has 2 N–H and O–H groups in total. The van der Waals surface area contributed by atoms with Crippen molar-refractivity contribution in [2.45, 2.75) is 17.7 Å². The van der Waals surface area contributed by atoms with Gasteiger partial charge in [0.2, 0.25) is 15.9 Å². The Morgan fingerprint density at radius 3 is 2.50 bits per heavy atom. The molecule has 0 saturated carbocycles. The SMILES string of the molecule is C[NH+]1CCN(NC(=O)[C@H]2CCCN(S(=O)(=O)c3ccc(F)cc3)C2)CC1. The van der Waals surface area contributed by atoms with Crippen molar-refractivity contribution in [1.82, 2.24) is 14.7 Å². The van der Waals surface area contributed by atoms with Gasteiger partial charge in [-0.2, -0.15) is 4.31 Å². The van der Waals surface area contributed by atoms with Gasteiger partial charge in [0.15, 0.2) is 0 Å². The van der Waals surface area contributed by atoms with Crippen LogP contribution in [0.25, 0.3) is 0 Å². The summed E-state index contributed by atoms with van der Waals surface area (Å²) < 4.78 is 39.9. The van der Waals surface area contributed by atoms with E-state index in [1.54, 1.807) is 0 Å². The summed E-state index contributed by atoms with van der Waals surface area (Å²) in [5, 5.41) is 1.92. The van der Waals surface area contributed by atoms with Crippen molar-refractivity contribution < 1.29 is 22.5 Å². The number of quaternary nitrogens is 1. The summed E-state index contributed by atoms with van der Waals surface area (Å²) in [5.74, 6) is -0.969. The van der Waals surface area contributed by atoms with Crippen LogP contribution in [0.5, 0.6) is 0 Å². The van der Waals surface area contributed by atoms with E-state index in [1.165, 1.54) is 21.3 Å². The van der Waals surface area contributed by atoms with Gasteiger partial charge in [0, 0.05) is 13.1 Å². The molecule has 1 aromatic carbocycles. The Labute approximate surface area is 153 Å². The van der Waals surface area contributed by atoms with E-state index >= 15 is 0 Å². The van der Waals surface area contributed by atoms with Crippen molar-refractivity contribution in [3.63, 3.8) is 0 Å². The molecule has 2 saturated heterocycles. The predicted molar refractivity (Wildman–Crippen MR) is 94.2 cm³/mol. The molecular weight excluding hydrogens is 359 g/mol. The fraction of sp³-hybridized carbons (Fsp3) is 0.588. The second kappa shape index (κ2) is 7.99. The minimum atomic E-state index is -3.72. The first-order valence-corrected chi connectivity index (χ1v) is 10.4. The van der Waals surface area contributed by atoms with Crippen molar-refractivity contribution in [3.8, 4) is 0 Å². The van der Waals surface area contributed by atoms with Gasteiger partial charge < -0.3 is 4.90 Å². The quantitative estimate of drug-likeness (QED) is 0.704. The van der Waals surface area contributed by atoms with Crippen LogP contribution in [0.2, 0.25) is 0 Å². The molecule has 1 atom stereocenters. The zero-order valence-electron chi connectivity index (χ0n) is 14.9. The Balaban J connectivity index is 1.63. The number of carbonyl (C=O) groups is 1. The van der Waals surface area contributed by atoms with Gasteiger partial charge in [-0.05, 0) is 37.1 Å². The average Bonchev–Trinajstić information content (AvgIpc) is 2.64. The number of hydrazine groups is 1. The molecule has 1 amide bonds. The van der Waals surface area contributed by atoms with E-state index in [-0.39, 0.29) is 23.3 Å². The maximum Gasteiger partial charge on any atom is 0.243 e. The Hall–Kier alpha value is -1.55. The molecule has 2 aliphatic heterocycles. The topological polar surface area (TPSA) is 74.2 Å². The second-order valence-corrected chi connectivity index (χ2v) is 9.01. The highest BCUT2D eigenvalue weighted by Gasteiger charge is 2.34. The highest BCUT2D eigenvalue weighted by atomic mass is 32.2. The normalized spacial score (nSPS) is 23.7. The van der Waals surface area contributed by atoms with E-state index < -0.39 is 15.8 Å². The number of likely N-dealkylation sites (N-methyl/N-ethyl adjacent to an activating group) is 1. The number of nitrogens with zero attached hydrogens (tertiary/aromatic N) is 2. The molecule has 144 valence electrons. The molecule has 26 heavy (non-hydrogen) atoms. The Morgan fingerprint density at radius 1 is 1.19 bits per heavy atom. The molecule has 0 aliphatic carbocycles. The summed E-state index contributed by atoms with van der Waals surface area (Å²) in [7, 11) is -1.59. The largest absolute Gasteiger partial charge is 0.335 e. The van der Waals surface area contributed by atoms with E-state index in [4.69, 9.17) is 0 Å². The van der Waals surface area contributed by atoms with Crippen LogP contribution >= 0.6 is 0 Å². The lowest BCUT2D eigenvalue weighted by Gasteiger charge is -2.34. The summed E-state index contributed by atoms with van der Waals surface area (Å²) in [6.45, 7) is 4.06. The van der Waals surface area contributed by atoms with Crippen LogP contribution in [0.4, 0.5) is 4.39 Å². The minimum Gasteiger partial charge on any atom is -0.335 e. The number of halogens is 1. The first-order chi connectivity index (χ1) is 12.4. The number of hydrogen-bond donors (Lipinski definition) is 2. The Morgan fingerprint density at radius 2 is 1.85 bits per heavy atom. The van der Waals surface area contributed by atoms with E-state index in [9.17, 15) is 17.6 Å². The van der Waals surface area contributed by atoms with Crippen LogP contribution in [-0.2, 0) is 14.8 Å². The van der Waals surface area contributed by atoms with Gasteiger partial charge in [0.05, 0.1) is 44.0 Å². The van der Waals surface area contributed by atoms with Gasteiger partial charge in [-0.1, -0.05) is 0 Å². The number of nitrogens with one attached hydrogen (secondary N) is 2. The first kappa shape index (κ1) is 19.2. The van der Waals surface area contributed by atoms with E-state index in [2.05, 4.69) is 12.5 Å². The third-order valence-corrected chi connectivity index (χ3v) is 6.97. The van der Waals surface area contributed by atoms with Gasteiger partial charge in [-0.25, -0.2) is 17.8 Å². The van der Waals surface area contributed by atoms with Gasteiger partial charge in [-0.15, -0.1) is 0 Å². The lowest BCUT2D eigenvalue weighted by molar-refractivity contribution is -0.884. The van der Waals surface area contributed by atoms with Crippen molar-refractivity contribution in [2.24, 2.45) is 5.92 Å². The van der Waals surface area contributed by atoms with Crippen molar-refractivity contribution >= 4 is 15.9 Å². The summed E-state index contributed by atoms with van der Waals surface area (Å²) in [4.78, 5) is 14.1. The number of amides is 1. The molecule has 0 radical (unpaired) electrons. The highest BCUT2D eigenvalue weighted by Crippen LogP contribution is 2.24. The maximum absolute atomic E-state index is 13.1. The second-order valence-electron chi connectivity index (χ2n) is 7.08. The number of rotatable bonds is 4. The zero-order valence-corrected chi connectivity index (χ0v) is 15.8. The summed E-state index contributed by atoms with van der Waals surface area (Å²) in [6, 6.07) is 4.80. The fourth-order valence-electron chi connectivity index (χ4n) is 3.38. The van der Waals surface area contributed by atoms with E-state index in [0.29, 0.717) is 19.4 Å². The molecule has 2 heterocycles. The molecular formula is C17H26FN4O3S+. The number of carbonyl (C=O) groups excluding carboxylic acids is 1. The van der Waals surface area contributed by atoms with Gasteiger partial charge in [0.25, 0.3) is 0 Å². The lowest BCUT2D eigenvalue weighted by atomic mass is 9.99. The molecule has 0 spiro atoms. The molecule has 3 rings (SSSR count). The Kier molecular flexibility index (Phi) is 5.91. The standard InChI is InChI=1S/C17H25FN4O3S/c1-20-9-11-21(12-10-20)19-17(23)14-3-2-8-22(13-14)26(24,25)16-6-4-15(18)5-7-16/h4-7,14H,2-3,8-13H2,1H3,(H,19,23)/p+1/t14-/m0/s1. The van der Waals surface area contributed by atoms with Crippen molar-refractivity contribution in [3.05, 3.63) is 30.1 Å². The van der Waals surface area contributed by atoms with Crippen molar-refractivity contribution in [1.29, 1.82) is 0 Å². The highest BCUT2D eigenvalue weighted by molar-refractivity contribution is 7.89. The summed E-state index contributed by atoms with van der Waals surface area (Å²) in [5.41, 5.74) is 2.94. The third-order valence-electron chi connectivity index (χ3n) is 5.09. The zero-order chi connectivity index (χ0) is 18.7. The minimum absolute atomic E-state index is 0.0574. The number of piperidine rings is 1. The van der Waals surface area contributed by atoms with Crippen LogP contribution in [-0.4, -0.2) is 70.0 Å². The monoisotopic (exact) mass is 385 g/mol. The predicted octanol–water partition coefficient (Wildman–Crippen LogP) is -0.912. The maximum atomic E-state index is 13.1. The lowest BCUT2D eigenvalue weighted by Crippen LogP contribution is -3.12. The molecule has 0 bridgehead atoms. The van der Waals surface area contributed by atoms with Crippen LogP contribution in [0, 0.1) is 11.7 Å². The average molecular weight is 385 g/mol. The van der Waals surface area contributed by atoms with Crippen LogP contribution in [0.3, 0.4) is 0 Å². The molecule has 1 aromatic rings. The summed E-state index contributed by atoms with van der Waals surface area (Å²) >= 11 is 0. The smallest absolute Gasteiger partial charge is 0.243 e. The third kappa shape index (κ3) is 4.40. The molecule has 0 unspecified atom stereocenters. The molecule has 7 nitrogen and oxygen atoms in total. The first-order valence-electron chi connectivity index (χ1n) is 8.99. The summed E-state index contributed by atoms with van der Waals surface area (Å²) in [6.07, 6.45) is 1.30. The molecule has 2 aliphatic rings. The van der Waals surface area contributed by atoms with Crippen LogP contribution in [0.15, 0.2) is 29.2 Å².